The molecule has 6 heteroatoms. The van der Waals surface area contributed by atoms with Crippen molar-refractivity contribution in [2.75, 3.05) is 7.11 Å². The predicted molar refractivity (Wildman–Crippen MR) is 68.1 cm³/mol. The lowest BCUT2D eigenvalue weighted by Crippen LogP contribution is -2.28. The Morgan fingerprint density at radius 3 is 2.74 bits per heavy atom. The molecule has 1 aromatic carbocycles. The van der Waals surface area contributed by atoms with E-state index in [1.54, 1.807) is 18.2 Å². The molecule has 2 rings (SSSR count). The molecule has 19 heavy (non-hydrogen) atoms. The lowest BCUT2D eigenvalue weighted by Gasteiger charge is -2.08. The molecule has 2 N–H and O–H groups in total. The normalized spacial score (nSPS) is 10.2. The zero-order valence-electron chi connectivity index (χ0n) is 10.4. The number of methoxy groups -OCH3 is 1. The van der Waals surface area contributed by atoms with Crippen LogP contribution in [0.5, 0.6) is 11.5 Å². The highest BCUT2D eigenvalue weighted by Crippen LogP contribution is 2.32. The number of imide groups is 1. The Balaban J connectivity index is 2.57. The number of ether oxygens (including phenoxy) is 1. The van der Waals surface area contributed by atoms with Gasteiger partial charge >= 0.3 is 0 Å². The van der Waals surface area contributed by atoms with E-state index >= 15 is 0 Å². The van der Waals surface area contributed by atoms with Gasteiger partial charge in [0.15, 0.2) is 0 Å². The number of aromatic hydroxyl groups is 1. The number of amides is 2. The molecule has 0 saturated carbocycles. The van der Waals surface area contributed by atoms with Gasteiger partial charge in [-0.1, -0.05) is 6.07 Å². The third kappa shape index (κ3) is 2.47. The molecule has 2 aromatic rings. The summed E-state index contributed by atoms with van der Waals surface area (Å²) in [6, 6.07) is 6.21. The molecule has 0 spiro atoms. The van der Waals surface area contributed by atoms with Crippen molar-refractivity contribution >= 4 is 22.7 Å². The van der Waals surface area contributed by atoms with Crippen LogP contribution in [0.15, 0.2) is 24.3 Å². The van der Waals surface area contributed by atoms with Gasteiger partial charge in [0.25, 0.3) is 5.91 Å². The van der Waals surface area contributed by atoms with Crippen LogP contribution in [0.1, 0.15) is 17.4 Å². The van der Waals surface area contributed by atoms with Crippen molar-refractivity contribution in [3.05, 3.63) is 30.0 Å². The molecular formula is C13H12N2O4. The van der Waals surface area contributed by atoms with E-state index in [1.807, 2.05) is 0 Å². The van der Waals surface area contributed by atoms with Crippen LogP contribution in [-0.2, 0) is 4.79 Å². The van der Waals surface area contributed by atoms with Gasteiger partial charge in [0, 0.05) is 13.0 Å². The van der Waals surface area contributed by atoms with E-state index in [-0.39, 0.29) is 11.4 Å². The van der Waals surface area contributed by atoms with Crippen molar-refractivity contribution in [1.82, 2.24) is 10.3 Å². The predicted octanol–water partition coefficient (Wildman–Crippen LogP) is 1.23. The summed E-state index contributed by atoms with van der Waals surface area (Å²) >= 11 is 0. The topological polar surface area (TPSA) is 88.5 Å². The Hall–Kier alpha value is -2.63. The maximum Gasteiger partial charge on any atom is 0.276 e. The Morgan fingerprint density at radius 2 is 2.11 bits per heavy atom. The van der Waals surface area contributed by atoms with Crippen LogP contribution in [0.4, 0.5) is 0 Å². The van der Waals surface area contributed by atoms with Gasteiger partial charge in [-0.15, -0.1) is 0 Å². The van der Waals surface area contributed by atoms with Crippen LogP contribution in [0.25, 0.3) is 10.9 Å². The highest BCUT2D eigenvalue weighted by Gasteiger charge is 2.15. The summed E-state index contributed by atoms with van der Waals surface area (Å²) in [5, 5.41) is 12.5. The monoisotopic (exact) mass is 260 g/mol. The number of pyridine rings is 1. The summed E-state index contributed by atoms with van der Waals surface area (Å²) < 4.78 is 5.12. The highest BCUT2D eigenvalue weighted by atomic mass is 16.5. The molecule has 2 amide bonds. The molecule has 0 radical (unpaired) electrons. The molecule has 0 bridgehead atoms. The average molecular weight is 260 g/mol. The van der Waals surface area contributed by atoms with Crippen molar-refractivity contribution in [3.63, 3.8) is 0 Å². The fourth-order valence-corrected chi connectivity index (χ4v) is 1.74. The van der Waals surface area contributed by atoms with Crippen LogP contribution in [0.2, 0.25) is 0 Å². The summed E-state index contributed by atoms with van der Waals surface area (Å²) in [6.45, 7) is 1.22. The number of hydrogen-bond acceptors (Lipinski definition) is 5. The first-order valence-electron chi connectivity index (χ1n) is 5.51. The number of fused-ring (bicyclic) bond motifs is 1. The Kier molecular flexibility index (Phi) is 3.33. The minimum atomic E-state index is -0.660. The Morgan fingerprint density at radius 1 is 1.37 bits per heavy atom. The van der Waals surface area contributed by atoms with Crippen molar-refractivity contribution in [1.29, 1.82) is 0 Å². The van der Waals surface area contributed by atoms with Crippen LogP contribution in [0.3, 0.4) is 0 Å². The third-order valence-corrected chi connectivity index (χ3v) is 2.52. The lowest BCUT2D eigenvalue weighted by molar-refractivity contribution is -0.118. The number of benzene rings is 1. The molecule has 6 nitrogen and oxygen atoms in total. The van der Waals surface area contributed by atoms with E-state index in [1.165, 1.54) is 20.1 Å². The van der Waals surface area contributed by atoms with E-state index < -0.39 is 11.8 Å². The fourth-order valence-electron chi connectivity index (χ4n) is 1.74. The molecule has 0 aliphatic rings. The van der Waals surface area contributed by atoms with Gasteiger partial charge in [-0.2, -0.15) is 0 Å². The third-order valence-electron chi connectivity index (χ3n) is 2.52. The van der Waals surface area contributed by atoms with Crippen molar-refractivity contribution in [2.24, 2.45) is 0 Å². The quantitative estimate of drug-likeness (QED) is 0.847. The van der Waals surface area contributed by atoms with Crippen LogP contribution >= 0.6 is 0 Å². The zero-order chi connectivity index (χ0) is 14.0. The van der Waals surface area contributed by atoms with E-state index in [0.717, 1.165) is 0 Å². The Bertz CT molecular complexity index is 667. The van der Waals surface area contributed by atoms with Crippen molar-refractivity contribution in [3.8, 4) is 11.5 Å². The second-order valence-electron chi connectivity index (χ2n) is 3.89. The zero-order valence-corrected chi connectivity index (χ0v) is 10.4. The molecule has 0 saturated heterocycles. The van der Waals surface area contributed by atoms with Gasteiger partial charge < -0.3 is 9.84 Å². The second kappa shape index (κ2) is 4.93. The van der Waals surface area contributed by atoms with Gasteiger partial charge in [0.1, 0.15) is 17.2 Å². The number of hydrogen-bond donors (Lipinski definition) is 2. The lowest BCUT2D eigenvalue weighted by atomic mass is 10.1. The van der Waals surface area contributed by atoms with Crippen molar-refractivity contribution in [2.45, 2.75) is 6.92 Å². The molecule has 0 fully saturated rings. The fraction of sp³-hybridized carbons (Fsp3) is 0.154. The molecular weight excluding hydrogens is 248 g/mol. The van der Waals surface area contributed by atoms with E-state index in [0.29, 0.717) is 16.7 Å². The van der Waals surface area contributed by atoms with Gasteiger partial charge in [0.05, 0.1) is 18.0 Å². The molecule has 0 unspecified atom stereocenters. The Labute approximate surface area is 109 Å². The first kappa shape index (κ1) is 12.8. The largest absolute Gasteiger partial charge is 0.507 e. The molecule has 98 valence electrons. The van der Waals surface area contributed by atoms with Crippen LogP contribution in [0, 0.1) is 0 Å². The summed E-state index contributed by atoms with van der Waals surface area (Å²) in [6.07, 6.45) is 0. The summed E-state index contributed by atoms with van der Waals surface area (Å²) in [4.78, 5) is 26.6. The minimum Gasteiger partial charge on any atom is -0.507 e. The number of aromatic nitrogens is 1. The number of carbonyl (C=O) groups excluding carboxylic acids is 2. The molecule has 1 heterocycles. The van der Waals surface area contributed by atoms with Gasteiger partial charge in [0.2, 0.25) is 5.91 Å². The van der Waals surface area contributed by atoms with Gasteiger partial charge in [-0.3, -0.25) is 14.9 Å². The minimum absolute atomic E-state index is 0.0338. The van der Waals surface area contributed by atoms with Gasteiger partial charge in [-0.25, -0.2) is 4.98 Å². The second-order valence-corrected chi connectivity index (χ2v) is 3.89. The first-order chi connectivity index (χ1) is 9.02. The summed E-state index contributed by atoms with van der Waals surface area (Å²) in [7, 11) is 1.48. The maximum absolute atomic E-state index is 11.7. The van der Waals surface area contributed by atoms with E-state index in [4.69, 9.17) is 4.74 Å². The summed E-state index contributed by atoms with van der Waals surface area (Å²) in [5.41, 5.74) is 0.376. The standard InChI is InChI=1S/C13H12N2O4/c1-7(16)14-13(18)9-6-10(17)12-8(15-9)4-3-5-11(12)19-2/h3-6H,1-2H3,(H,15,17)(H,14,16,18). The SMILES string of the molecule is COc1cccc2nc(C(=O)NC(C)=O)cc(O)c12. The average Bonchev–Trinajstić information content (AvgIpc) is 2.36. The van der Waals surface area contributed by atoms with Gasteiger partial charge in [-0.05, 0) is 12.1 Å². The molecule has 0 aliphatic heterocycles. The van der Waals surface area contributed by atoms with E-state index in [2.05, 4.69) is 10.3 Å². The number of carbonyl (C=O) groups is 2. The van der Waals surface area contributed by atoms with Crippen LogP contribution < -0.4 is 10.1 Å². The number of rotatable bonds is 2. The first-order valence-corrected chi connectivity index (χ1v) is 5.51. The van der Waals surface area contributed by atoms with E-state index in [9.17, 15) is 14.7 Å². The number of nitrogens with zero attached hydrogens (tertiary/aromatic N) is 1. The smallest absolute Gasteiger partial charge is 0.276 e. The maximum atomic E-state index is 11.7. The van der Waals surface area contributed by atoms with Crippen molar-refractivity contribution < 1.29 is 19.4 Å². The highest BCUT2D eigenvalue weighted by molar-refractivity contribution is 6.05. The summed E-state index contributed by atoms with van der Waals surface area (Å²) in [5.74, 6) is -0.818. The van der Waals surface area contributed by atoms with Crippen LogP contribution in [-0.4, -0.2) is 29.0 Å². The molecule has 0 aliphatic carbocycles. The molecule has 0 atom stereocenters. The molecule has 1 aromatic heterocycles. The number of nitrogens with one attached hydrogen (secondary N) is 1.